The highest BCUT2D eigenvalue weighted by Gasteiger charge is 2.16. The summed E-state index contributed by atoms with van der Waals surface area (Å²) in [7, 11) is 0. The quantitative estimate of drug-likeness (QED) is 0.735. The molecule has 0 aliphatic carbocycles. The van der Waals surface area contributed by atoms with Crippen molar-refractivity contribution in [2.45, 2.75) is 39.5 Å². The summed E-state index contributed by atoms with van der Waals surface area (Å²) >= 11 is 0. The summed E-state index contributed by atoms with van der Waals surface area (Å²) in [6.07, 6.45) is 1.14. The maximum atomic E-state index is 11.4. The fraction of sp³-hybridized carbons (Fsp3) is 0.500. The molecule has 0 radical (unpaired) electrons. The fourth-order valence-electron chi connectivity index (χ4n) is 1.98. The number of nitrogens with zero attached hydrogens (tertiary/aromatic N) is 1. The number of ether oxygens (including phenoxy) is 1. The zero-order chi connectivity index (χ0) is 14.3. The Morgan fingerprint density at radius 2 is 1.95 bits per heavy atom. The van der Waals surface area contributed by atoms with E-state index in [0.29, 0.717) is 12.5 Å². The molecule has 0 N–H and O–H groups in total. The molecule has 0 saturated carbocycles. The molecule has 0 fully saturated rings. The first-order valence-corrected chi connectivity index (χ1v) is 6.70. The molecule has 19 heavy (non-hydrogen) atoms. The molecule has 0 aliphatic rings. The molecule has 0 heterocycles. The smallest absolute Gasteiger partial charge is 0.307 e. The molecular weight excluding hydrogens is 238 g/mol. The van der Waals surface area contributed by atoms with Crippen LogP contribution in [0.25, 0.3) is 0 Å². The van der Waals surface area contributed by atoms with E-state index in [2.05, 4.69) is 19.9 Å². The van der Waals surface area contributed by atoms with E-state index in [1.807, 2.05) is 24.3 Å². The van der Waals surface area contributed by atoms with Gasteiger partial charge in [-0.3, -0.25) is 4.79 Å². The van der Waals surface area contributed by atoms with Crippen molar-refractivity contribution >= 4 is 5.97 Å². The van der Waals surface area contributed by atoms with Gasteiger partial charge in [0.05, 0.1) is 25.0 Å². The van der Waals surface area contributed by atoms with Crippen molar-refractivity contribution in [3.8, 4) is 6.07 Å². The summed E-state index contributed by atoms with van der Waals surface area (Å²) < 4.78 is 4.88. The third kappa shape index (κ3) is 5.13. The molecular formula is C16H21NO2. The number of nitriles is 1. The molecule has 3 nitrogen and oxygen atoms in total. The number of carbonyl (C=O) groups excluding carboxylic acids is 1. The number of hydrogen-bond acceptors (Lipinski definition) is 3. The zero-order valence-electron chi connectivity index (χ0n) is 11.8. The van der Waals surface area contributed by atoms with Crippen LogP contribution in [0.1, 0.15) is 44.2 Å². The number of rotatable bonds is 6. The molecule has 0 aromatic heterocycles. The molecule has 102 valence electrons. The van der Waals surface area contributed by atoms with Crippen molar-refractivity contribution in [2.24, 2.45) is 5.92 Å². The van der Waals surface area contributed by atoms with Crippen molar-refractivity contribution in [3.05, 3.63) is 35.4 Å². The average Bonchev–Trinajstić information content (AvgIpc) is 2.37. The second-order valence-corrected chi connectivity index (χ2v) is 5.03. The highest BCUT2D eigenvalue weighted by molar-refractivity contribution is 5.71. The van der Waals surface area contributed by atoms with E-state index in [1.165, 1.54) is 5.56 Å². The standard InChI is InChI=1S/C16H21NO2/c1-4-19-16(18)10-15(11-17)14-7-5-13(6-8-14)9-12(2)3/h5-8,12,15H,4,9-10H2,1-3H3/t15-/m0/s1. The Balaban J connectivity index is 2.72. The highest BCUT2D eigenvalue weighted by Crippen LogP contribution is 2.21. The number of hydrogen-bond donors (Lipinski definition) is 0. The first kappa shape index (κ1) is 15.2. The highest BCUT2D eigenvalue weighted by atomic mass is 16.5. The molecule has 1 atom stereocenters. The molecule has 1 rings (SSSR count). The van der Waals surface area contributed by atoms with E-state index >= 15 is 0 Å². The van der Waals surface area contributed by atoms with Gasteiger partial charge in [-0.05, 0) is 30.4 Å². The number of esters is 1. The SMILES string of the molecule is CCOC(=O)C[C@@H](C#N)c1ccc(CC(C)C)cc1. The summed E-state index contributed by atoms with van der Waals surface area (Å²) in [5.41, 5.74) is 2.13. The van der Waals surface area contributed by atoms with Gasteiger partial charge in [0, 0.05) is 0 Å². The Bertz CT molecular complexity index is 443. The van der Waals surface area contributed by atoms with Crippen LogP contribution in [-0.2, 0) is 16.0 Å². The van der Waals surface area contributed by atoms with Crippen LogP contribution in [-0.4, -0.2) is 12.6 Å². The summed E-state index contributed by atoms with van der Waals surface area (Å²) in [4.78, 5) is 11.4. The summed E-state index contributed by atoms with van der Waals surface area (Å²) in [5.74, 6) is -0.135. The van der Waals surface area contributed by atoms with Gasteiger partial charge in [0.15, 0.2) is 0 Å². The van der Waals surface area contributed by atoms with Crippen molar-refractivity contribution in [1.82, 2.24) is 0 Å². The fourth-order valence-corrected chi connectivity index (χ4v) is 1.98. The van der Waals surface area contributed by atoms with Gasteiger partial charge in [0.1, 0.15) is 0 Å². The summed E-state index contributed by atoms with van der Waals surface area (Å²) in [6, 6.07) is 10.1. The lowest BCUT2D eigenvalue weighted by Gasteiger charge is -2.10. The predicted molar refractivity (Wildman–Crippen MR) is 74.6 cm³/mol. The van der Waals surface area contributed by atoms with Gasteiger partial charge in [-0.15, -0.1) is 0 Å². The molecule has 1 aromatic carbocycles. The number of benzene rings is 1. The lowest BCUT2D eigenvalue weighted by atomic mass is 9.94. The molecule has 0 spiro atoms. The maximum Gasteiger partial charge on any atom is 0.307 e. The first-order valence-electron chi connectivity index (χ1n) is 6.70. The molecule has 1 aromatic rings. The van der Waals surface area contributed by atoms with Gasteiger partial charge in [0.2, 0.25) is 0 Å². The zero-order valence-corrected chi connectivity index (χ0v) is 11.8. The lowest BCUT2D eigenvalue weighted by molar-refractivity contribution is -0.143. The van der Waals surface area contributed by atoms with Gasteiger partial charge in [-0.25, -0.2) is 0 Å². The summed E-state index contributed by atoms with van der Waals surface area (Å²) in [6.45, 7) is 6.46. The molecule has 3 heteroatoms. The van der Waals surface area contributed by atoms with Crippen LogP contribution < -0.4 is 0 Å². The van der Waals surface area contributed by atoms with E-state index < -0.39 is 5.92 Å². The third-order valence-corrected chi connectivity index (χ3v) is 2.86. The Morgan fingerprint density at radius 3 is 2.42 bits per heavy atom. The molecule has 0 aliphatic heterocycles. The van der Waals surface area contributed by atoms with Crippen LogP contribution in [0, 0.1) is 17.2 Å². The minimum Gasteiger partial charge on any atom is -0.466 e. The second-order valence-electron chi connectivity index (χ2n) is 5.03. The van der Waals surface area contributed by atoms with Crippen molar-refractivity contribution in [2.75, 3.05) is 6.61 Å². The van der Waals surface area contributed by atoms with Gasteiger partial charge >= 0.3 is 5.97 Å². The van der Waals surface area contributed by atoms with Gasteiger partial charge in [-0.1, -0.05) is 38.1 Å². The molecule has 0 amide bonds. The normalized spacial score (nSPS) is 11.9. The minimum absolute atomic E-state index is 0.119. The van der Waals surface area contributed by atoms with E-state index in [9.17, 15) is 4.79 Å². The topological polar surface area (TPSA) is 50.1 Å². The van der Waals surface area contributed by atoms with Crippen LogP contribution >= 0.6 is 0 Å². The average molecular weight is 259 g/mol. The molecule has 0 saturated heterocycles. The first-order chi connectivity index (χ1) is 9.06. The number of carbonyl (C=O) groups is 1. The minimum atomic E-state index is -0.424. The predicted octanol–water partition coefficient (Wildman–Crippen LogP) is 3.45. The summed E-state index contributed by atoms with van der Waals surface area (Å²) in [5, 5.41) is 9.15. The van der Waals surface area contributed by atoms with Crippen LogP contribution in [0.3, 0.4) is 0 Å². The lowest BCUT2D eigenvalue weighted by Crippen LogP contribution is -2.09. The van der Waals surface area contributed by atoms with Gasteiger partial charge < -0.3 is 4.74 Å². The third-order valence-electron chi connectivity index (χ3n) is 2.86. The van der Waals surface area contributed by atoms with Crippen molar-refractivity contribution in [1.29, 1.82) is 5.26 Å². The molecule has 0 bridgehead atoms. The van der Waals surface area contributed by atoms with Crippen molar-refractivity contribution < 1.29 is 9.53 Å². The monoisotopic (exact) mass is 259 g/mol. The van der Waals surface area contributed by atoms with Crippen LogP contribution in [0.2, 0.25) is 0 Å². The van der Waals surface area contributed by atoms with E-state index in [0.717, 1.165) is 12.0 Å². The van der Waals surface area contributed by atoms with Crippen molar-refractivity contribution in [3.63, 3.8) is 0 Å². The Hall–Kier alpha value is -1.82. The van der Waals surface area contributed by atoms with E-state index in [1.54, 1.807) is 6.92 Å². The Labute approximate surface area is 115 Å². The van der Waals surface area contributed by atoms with Crippen LogP contribution in [0.5, 0.6) is 0 Å². The van der Waals surface area contributed by atoms with Gasteiger partial charge in [0.25, 0.3) is 0 Å². The van der Waals surface area contributed by atoms with E-state index in [4.69, 9.17) is 10.00 Å². The second kappa shape index (κ2) is 7.58. The van der Waals surface area contributed by atoms with E-state index in [-0.39, 0.29) is 12.4 Å². The van der Waals surface area contributed by atoms with Crippen LogP contribution in [0.4, 0.5) is 0 Å². The largest absolute Gasteiger partial charge is 0.466 e. The molecule has 0 unspecified atom stereocenters. The maximum absolute atomic E-state index is 11.4. The Kier molecular flexibility index (Phi) is 6.08. The van der Waals surface area contributed by atoms with Gasteiger partial charge in [-0.2, -0.15) is 5.26 Å². The van der Waals surface area contributed by atoms with Crippen LogP contribution in [0.15, 0.2) is 24.3 Å². The Morgan fingerprint density at radius 1 is 1.32 bits per heavy atom.